The molecule has 184 valence electrons. The van der Waals surface area contributed by atoms with E-state index in [0.717, 1.165) is 6.42 Å². The Hall–Kier alpha value is -2.22. The molecule has 2 rings (SSSR count). The summed E-state index contributed by atoms with van der Waals surface area (Å²) >= 11 is 0. The predicted octanol–water partition coefficient (Wildman–Crippen LogP) is 3.88. The van der Waals surface area contributed by atoms with Gasteiger partial charge in [0.05, 0.1) is 18.3 Å². The molecule has 1 aliphatic carbocycles. The standard InChI is InChI=1S/C26H37FO6/c1-18(2)33-26(31)11-6-4-3-5-10-22-23(25(30)15-24(22)29)13-12-20(28)17-32-21-9-7-8-19(14-21)16-27/h3,5,7-9,12-14,18,20,22-25,28-30H,4,6,10-11,15-17H2,1-2H3/b5-3-,13-12+/t20-,22-,23-,24+,25-/m1/s1. The zero-order chi connectivity index (χ0) is 24.2. The first-order valence-corrected chi connectivity index (χ1v) is 11.6. The van der Waals surface area contributed by atoms with Crippen LogP contribution in [0.5, 0.6) is 5.75 Å². The van der Waals surface area contributed by atoms with Gasteiger partial charge in [0.1, 0.15) is 25.1 Å². The zero-order valence-electron chi connectivity index (χ0n) is 19.5. The van der Waals surface area contributed by atoms with Crippen molar-refractivity contribution in [1.82, 2.24) is 0 Å². The minimum atomic E-state index is -0.897. The number of rotatable bonds is 13. The van der Waals surface area contributed by atoms with E-state index in [-0.39, 0.29) is 36.9 Å². The van der Waals surface area contributed by atoms with E-state index >= 15 is 0 Å². The lowest BCUT2D eigenvalue weighted by Crippen LogP contribution is -2.21. The highest BCUT2D eigenvalue weighted by molar-refractivity contribution is 5.69. The predicted molar refractivity (Wildman–Crippen MR) is 124 cm³/mol. The summed E-state index contributed by atoms with van der Waals surface area (Å²) in [5.41, 5.74) is 0.506. The Morgan fingerprint density at radius 2 is 2.03 bits per heavy atom. The van der Waals surface area contributed by atoms with Crippen LogP contribution in [0.1, 0.15) is 51.5 Å². The van der Waals surface area contributed by atoms with Crippen LogP contribution in [0.25, 0.3) is 0 Å². The number of carbonyl (C=O) groups excluding carboxylic acids is 1. The molecule has 0 spiro atoms. The highest BCUT2D eigenvalue weighted by Gasteiger charge is 2.39. The first-order valence-electron chi connectivity index (χ1n) is 11.6. The van der Waals surface area contributed by atoms with Crippen molar-refractivity contribution in [1.29, 1.82) is 0 Å². The Kier molecular flexibility index (Phi) is 11.6. The zero-order valence-corrected chi connectivity index (χ0v) is 19.5. The molecule has 3 N–H and O–H groups in total. The highest BCUT2D eigenvalue weighted by Crippen LogP contribution is 2.36. The van der Waals surface area contributed by atoms with Gasteiger partial charge in [0.2, 0.25) is 0 Å². The van der Waals surface area contributed by atoms with Crippen molar-refractivity contribution in [3.8, 4) is 5.75 Å². The fourth-order valence-electron chi connectivity index (χ4n) is 3.98. The van der Waals surface area contributed by atoms with Gasteiger partial charge in [0.25, 0.3) is 0 Å². The third kappa shape index (κ3) is 9.66. The number of benzene rings is 1. The summed E-state index contributed by atoms with van der Waals surface area (Å²) in [4.78, 5) is 11.5. The van der Waals surface area contributed by atoms with E-state index in [1.807, 2.05) is 26.0 Å². The number of hydrogen-bond acceptors (Lipinski definition) is 6. The van der Waals surface area contributed by atoms with Gasteiger partial charge in [-0.15, -0.1) is 0 Å². The van der Waals surface area contributed by atoms with Crippen LogP contribution in [0, 0.1) is 11.8 Å². The molecule has 1 fully saturated rings. The van der Waals surface area contributed by atoms with Crippen molar-refractivity contribution in [3.05, 3.63) is 54.1 Å². The molecule has 0 saturated heterocycles. The first-order chi connectivity index (χ1) is 15.8. The number of allylic oxidation sites excluding steroid dienone is 2. The van der Waals surface area contributed by atoms with Crippen molar-refractivity contribution >= 4 is 5.97 Å². The van der Waals surface area contributed by atoms with Gasteiger partial charge in [-0.25, -0.2) is 4.39 Å². The number of esters is 1. The number of carbonyl (C=O) groups is 1. The molecule has 1 saturated carbocycles. The molecule has 6 nitrogen and oxygen atoms in total. The number of aliphatic hydroxyl groups excluding tert-OH is 3. The summed E-state index contributed by atoms with van der Waals surface area (Å²) in [6.45, 7) is 3.06. The number of ether oxygens (including phenoxy) is 2. The smallest absolute Gasteiger partial charge is 0.306 e. The van der Waals surface area contributed by atoms with Crippen molar-refractivity contribution < 1.29 is 34.0 Å². The monoisotopic (exact) mass is 464 g/mol. The Morgan fingerprint density at radius 1 is 1.24 bits per heavy atom. The van der Waals surface area contributed by atoms with Gasteiger partial charge in [-0.2, -0.15) is 0 Å². The van der Waals surface area contributed by atoms with Crippen LogP contribution < -0.4 is 4.74 Å². The topological polar surface area (TPSA) is 96.2 Å². The molecule has 1 aliphatic rings. The van der Waals surface area contributed by atoms with Gasteiger partial charge >= 0.3 is 5.97 Å². The van der Waals surface area contributed by atoms with Crippen LogP contribution in [0.15, 0.2) is 48.6 Å². The average molecular weight is 465 g/mol. The molecule has 0 heterocycles. The van der Waals surface area contributed by atoms with E-state index in [0.29, 0.717) is 30.6 Å². The lowest BCUT2D eigenvalue weighted by Gasteiger charge is -2.19. The summed E-state index contributed by atoms with van der Waals surface area (Å²) in [5, 5.41) is 30.9. The lowest BCUT2D eigenvalue weighted by molar-refractivity contribution is -0.147. The van der Waals surface area contributed by atoms with E-state index in [1.54, 1.807) is 36.4 Å². The van der Waals surface area contributed by atoms with Crippen LogP contribution in [0.2, 0.25) is 0 Å². The largest absolute Gasteiger partial charge is 0.491 e. The first kappa shape index (κ1) is 27.0. The second-order valence-electron chi connectivity index (χ2n) is 8.79. The van der Waals surface area contributed by atoms with Gasteiger partial charge in [0, 0.05) is 18.8 Å². The van der Waals surface area contributed by atoms with Gasteiger partial charge < -0.3 is 24.8 Å². The minimum Gasteiger partial charge on any atom is -0.491 e. The Balaban J connectivity index is 1.79. The number of alkyl halides is 1. The number of aliphatic hydroxyl groups is 3. The highest BCUT2D eigenvalue weighted by atomic mass is 19.1. The number of halogens is 1. The van der Waals surface area contributed by atoms with E-state index in [4.69, 9.17) is 9.47 Å². The minimum absolute atomic E-state index is 0.00141. The van der Waals surface area contributed by atoms with Crippen LogP contribution >= 0.6 is 0 Å². The molecule has 33 heavy (non-hydrogen) atoms. The fraction of sp³-hybridized carbons (Fsp3) is 0.577. The average Bonchev–Trinajstić information content (AvgIpc) is 3.04. The van der Waals surface area contributed by atoms with Crippen molar-refractivity contribution in [2.75, 3.05) is 6.61 Å². The molecule has 0 radical (unpaired) electrons. The number of unbranched alkanes of at least 4 members (excludes halogenated alkanes) is 1. The lowest BCUT2D eigenvalue weighted by atomic mass is 9.89. The Bertz CT molecular complexity index is 778. The molecular formula is C26H37FO6. The second kappa shape index (κ2) is 14.1. The second-order valence-corrected chi connectivity index (χ2v) is 8.79. The molecule has 0 unspecified atom stereocenters. The number of hydrogen-bond donors (Lipinski definition) is 3. The quantitative estimate of drug-likeness (QED) is 0.233. The summed E-state index contributed by atoms with van der Waals surface area (Å²) in [6.07, 6.45) is 7.63. The molecule has 1 aromatic carbocycles. The maximum Gasteiger partial charge on any atom is 0.306 e. The van der Waals surface area contributed by atoms with Crippen molar-refractivity contribution in [2.45, 2.75) is 77.0 Å². The van der Waals surface area contributed by atoms with Crippen LogP contribution in [0.4, 0.5) is 4.39 Å². The van der Waals surface area contributed by atoms with Crippen molar-refractivity contribution in [3.63, 3.8) is 0 Å². The molecule has 1 aromatic rings. The maximum absolute atomic E-state index is 12.7. The van der Waals surface area contributed by atoms with E-state index in [9.17, 15) is 24.5 Å². The van der Waals surface area contributed by atoms with E-state index in [2.05, 4.69) is 0 Å². The van der Waals surface area contributed by atoms with Gasteiger partial charge in [0.15, 0.2) is 0 Å². The summed E-state index contributed by atoms with van der Waals surface area (Å²) in [7, 11) is 0. The Labute approximate surface area is 195 Å². The summed E-state index contributed by atoms with van der Waals surface area (Å²) in [5.74, 6) is -0.159. The summed E-state index contributed by atoms with van der Waals surface area (Å²) in [6, 6.07) is 6.63. The van der Waals surface area contributed by atoms with E-state index < -0.39 is 25.0 Å². The van der Waals surface area contributed by atoms with Gasteiger partial charge in [-0.3, -0.25) is 4.79 Å². The van der Waals surface area contributed by atoms with Crippen molar-refractivity contribution in [2.24, 2.45) is 11.8 Å². The van der Waals surface area contributed by atoms with Crippen LogP contribution in [0.3, 0.4) is 0 Å². The molecule has 0 amide bonds. The molecule has 7 heteroatoms. The van der Waals surface area contributed by atoms with Crippen LogP contribution in [-0.4, -0.2) is 52.3 Å². The fourth-order valence-corrected chi connectivity index (χ4v) is 3.98. The molecular weight excluding hydrogens is 427 g/mol. The maximum atomic E-state index is 12.7. The molecule has 0 aliphatic heterocycles. The van der Waals surface area contributed by atoms with E-state index in [1.165, 1.54) is 0 Å². The SMILES string of the molecule is CC(C)OC(=O)CCC/C=C\C[C@@H]1[C@@H](/C=C/[C@@H](O)COc2cccc(CF)c2)[C@H](O)C[C@@H]1O. The third-order valence-electron chi connectivity index (χ3n) is 5.64. The van der Waals surface area contributed by atoms with Gasteiger partial charge in [-0.1, -0.05) is 36.4 Å². The molecule has 0 bridgehead atoms. The molecule has 5 atom stereocenters. The van der Waals surface area contributed by atoms with Crippen LogP contribution in [-0.2, 0) is 16.2 Å². The summed E-state index contributed by atoms with van der Waals surface area (Å²) < 4.78 is 23.4. The third-order valence-corrected chi connectivity index (χ3v) is 5.64. The Morgan fingerprint density at radius 3 is 2.76 bits per heavy atom. The van der Waals surface area contributed by atoms with Gasteiger partial charge in [-0.05, 0) is 56.7 Å². The normalized spacial score (nSPS) is 24.1. The molecule has 0 aromatic heterocycles.